The summed E-state index contributed by atoms with van der Waals surface area (Å²) in [5.74, 6) is 2.57. The van der Waals surface area contributed by atoms with Crippen LogP contribution < -0.4 is 33.2 Å². The quantitative estimate of drug-likeness (QED) is 0.140. The van der Waals surface area contributed by atoms with Crippen LogP contribution in [0.15, 0.2) is 83.8 Å². The van der Waals surface area contributed by atoms with E-state index in [4.69, 9.17) is 63.1 Å². The summed E-state index contributed by atoms with van der Waals surface area (Å²) in [7, 11) is -4.40. The molecule has 5 aliphatic rings. The maximum absolute atomic E-state index is 11.7. The van der Waals surface area contributed by atoms with E-state index in [1.54, 1.807) is 12.1 Å². The first-order chi connectivity index (χ1) is 31.4. The van der Waals surface area contributed by atoms with Crippen molar-refractivity contribution in [3.8, 4) is 91.5 Å². The van der Waals surface area contributed by atoms with Crippen LogP contribution in [0.4, 0.5) is 0 Å². The van der Waals surface area contributed by atoms with Gasteiger partial charge in [-0.2, -0.15) is 8.42 Å². The Kier molecular flexibility index (Phi) is 7.34. The molecule has 5 aliphatic heterocycles. The number of benzene rings is 5. The summed E-state index contributed by atoms with van der Waals surface area (Å²) in [5, 5.41) is 2.70. The van der Waals surface area contributed by atoms with E-state index >= 15 is 0 Å². The lowest BCUT2D eigenvalue weighted by molar-refractivity contribution is -0.0437. The number of hydrogen-bond acceptors (Lipinski definition) is 15. The first kappa shape index (κ1) is 38.4. The van der Waals surface area contributed by atoms with E-state index in [-0.39, 0.29) is 4.90 Å². The molecule has 0 unspecified atom stereocenters. The monoisotopic (exact) mass is 902 g/mol. The van der Waals surface area contributed by atoms with Crippen LogP contribution in [0.25, 0.3) is 89.7 Å². The zero-order valence-corrected chi connectivity index (χ0v) is 36.5. The first-order valence-electron chi connectivity index (χ1n) is 20.8. The molecule has 18 nitrogen and oxygen atoms in total. The van der Waals surface area contributed by atoms with Crippen LogP contribution in [0, 0.1) is 0 Å². The van der Waals surface area contributed by atoms with Crippen molar-refractivity contribution in [1.82, 2.24) is 39.9 Å². The largest absolute Gasteiger partial charge is 0.457 e. The number of ether oxygens (including phenoxy) is 7. The average molecular weight is 903 g/mol. The number of fused-ring (bicyclic) bond motifs is 23. The summed E-state index contributed by atoms with van der Waals surface area (Å²) >= 11 is 0. The smallest absolute Gasteiger partial charge is 0.294 e. The van der Waals surface area contributed by atoms with Crippen molar-refractivity contribution in [3.63, 3.8) is 0 Å². The number of aromatic amines is 2. The zero-order valence-electron chi connectivity index (χ0n) is 35.7. The number of aromatic nitrogens is 8. The lowest BCUT2D eigenvalue weighted by Crippen LogP contribution is -2.29. The van der Waals surface area contributed by atoms with E-state index in [2.05, 4.69) is 9.97 Å². The Morgan fingerprint density at radius 3 is 1.15 bits per heavy atom. The van der Waals surface area contributed by atoms with Crippen molar-refractivity contribution in [2.45, 2.75) is 63.8 Å². The third-order valence-electron chi connectivity index (χ3n) is 11.5. The lowest BCUT2D eigenvalue weighted by atomic mass is 10.1. The second-order valence-electron chi connectivity index (χ2n) is 17.7. The Hall–Kier alpha value is -8.03. The van der Waals surface area contributed by atoms with Gasteiger partial charge in [-0.25, -0.2) is 29.9 Å². The Bertz CT molecular complexity index is 3830. The highest BCUT2D eigenvalue weighted by Crippen LogP contribution is 2.49. The van der Waals surface area contributed by atoms with E-state index in [1.165, 1.54) is 24.3 Å². The van der Waals surface area contributed by atoms with Gasteiger partial charge in [-0.05, 0) is 78.9 Å². The number of H-pyrrole nitrogens is 2. The second kappa shape index (κ2) is 12.6. The Morgan fingerprint density at radius 1 is 0.439 bits per heavy atom. The minimum absolute atomic E-state index is 0.261. The highest BCUT2D eigenvalue weighted by atomic mass is 32.2. The van der Waals surface area contributed by atoms with Gasteiger partial charge in [0.1, 0.15) is 34.1 Å². The molecular weight excluding hydrogens is 869 g/mol. The van der Waals surface area contributed by atoms with Crippen LogP contribution >= 0.6 is 0 Å². The second-order valence-corrected chi connectivity index (χ2v) is 19.1. The maximum Gasteiger partial charge on any atom is 0.294 e. The van der Waals surface area contributed by atoms with Gasteiger partial charge in [-0.1, -0.05) is 0 Å². The SMILES string of the molecule is CC1(C)Oc2cc3c(cc2O1)-c1nc-3nc2[nH]c(nc3nc(nc4[nH]c(n1)c1cc5c(cc41)OC(C)(C)O5)-c1cc(Oc4ccc(S(=O)(=O)O)cc4)ccc1-3)c1cc3c(cc21)OC(C)(C)O3. The van der Waals surface area contributed by atoms with Crippen LogP contribution in [0.2, 0.25) is 0 Å². The third-order valence-corrected chi connectivity index (χ3v) is 12.4. The van der Waals surface area contributed by atoms with Crippen LogP contribution in [-0.4, -0.2) is 70.2 Å². The molecule has 19 heteroatoms. The van der Waals surface area contributed by atoms with Gasteiger partial charge in [0, 0.05) is 85.3 Å². The van der Waals surface area contributed by atoms with E-state index in [1.807, 2.05) is 84.0 Å². The molecule has 66 heavy (non-hydrogen) atoms. The molecule has 0 saturated heterocycles. The van der Waals surface area contributed by atoms with E-state index in [9.17, 15) is 13.0 Å². The number of hydrogen-bond donors (Lipinski definition) is 3. The molecule has 8 heterocycles. The minimum Gasteiger partial charge on any atom is -0.457 e. The standard InChI is InChI=1S/C47H34N8O10S/c1-45(2)60-31-14-25-26(15-32(31)61-45)41-51-39(25)49-37-23-12-9-21(59-20-7-10-22(11-8-20)66(56,57)58)13-24(23)38(48-37)50-40-27-16-33-34(63-46(3,4)62-33)17-28(27)42(52-40)54-44-30-19-36-35(64-47(5,6)65-36)18-29(30)43(53-41)55-44/h7-19H,1-6H3,(H,56,57,58)(H2,48,49,50,51,52,53,54,55). The molecule has 3 aromatic heterocycles. The van der Waals surface area contributed by atoms with Crippen molar-refractivity contribution >= 4 is 54.3 Å². The Morgan fingerprint density at radius 2 is 0.773 bits per heavy atom. The molecular formula is C47H34N8O10S. The molecule has 0 saturated carbocycles. The third kappa shape index (κ3) is 6.07. The molecule has 0 fully saturated rings. The highest BCUT2D eigenvalue weighted by molar-refractivity contribution is 7.85. The fourth-order valence-electron chi connectivity index (χ4n) is 8.80. The molecule has 0 radical (unpaired) electrons. The van der Waals surface area contributed by atoms with Crippen molar-refractivity contribution in [1.29, 1.82) is 0 Å². The topological polar surface area (TPSA) is 228 Å². The summed E-state index contributed by atoms with van der Waals surface area (Å²) in [6.45, 7) is 11.0. The van der Waals surface area contributed by atoms with Crippen molar-refractivity contribution in [2.24, 2.45) is 0 Å². The van der Waals surface area contributed by atoms with E-state index in [0.29, 0.717) is 136 Å². The molecule has 3 N–H and O–H groups in total. The van der Waals surface area contributed by atoms with E-state index in [0.717, 1.165) is 0 Å². The van der Waals surface area contributed by atoms with Gasteiger partial charge in [0.15, 0.2) is 57.8 Å². The summed E-state index contributed by atoms with van der Waals surface area (Å²) < 4.78 is 76.3. The molecule has 328 valence electrons. The Balaban J connectivity index is 1.11. The molecule has 8 aromatic rings. The van der Waals surface area contributed by atoms with Crippen LogP contribution in [-0.2, 0) is 10.1 Å². The van der Waals surface area contributed by atoms with Crippen LogP contribution in [0.3, 0.4) is 0 Å². The molecule has 13 rings (SSSR count). The maximum atomic E-state index is 11.7. The summed E-state index contributed by atoms with van der Waals surface area (Å²) in [4.78, 5) is 37.4. The predicted molar refractivity (Wildman–Crippen MR) is 238 cm³/mol. The van der Waals surface area contributed by atoms with Gasteiger partial charge in [0.2, 0.25) is 17.4 Å². The fraction of sp³-hybridized carbons (Fsp3) is 0.191. The molecule has 0 aliphatic carbocycles. The van der Waals surface area contributed by atoms with E-state index < -0.39 is 27.5 Å². The minimum atomic E-state index is -4.40. The van der Waals surface area contributed by atoms with Gasteiger partial charge in [-0.15, -0.1) is 0 Å². The normalized spacial score (nSPS) is 16.4. The van der Waals surface area contributed by atoms with Crippen molar-refractivity contribution in [3.05, 3.63) is 78.9 Å². The van der Waals surface area contributed by atoms with Gasteiger partial charge >= 0.3 is 0 Å². The molecule has 0 spiro atoms. The molecule has 5 aromatic carbocycles. The average Bonchev–Trinajstić information content (AvgIpc) is 4.09. The molecule has 0 amide bonds. The van der Waals surface area contributed by atoms with Gasteiger partial charge < -0.3 is 43.1 Å². The summed E-state index contributed by atoms with van der Waals surface area (Å²) in [6.07, 6.45) is 0. The number of nitrogens with one attached hydrogen (secondary N) is 2. The lowest BCUT2D eigenvalue weighted by Gasteiger charge is -2.16. The van der Waals surface area contributed by atoms with Crippen LogP contribution in [0.1, 0.15) is 41.5 Å². The van der Waals surface area contributed by atoms with Gasteiger partial charge in [-0.3, -0.25) is 4.55 Å². The predicted octanol–water partition coefficient (Wildman–Crippen LogP) is 9.43. The van der Waals surface area contributed by atoms with Crippen molar-refractivity contribution < 1.29 is 46.1 Å². The first-order valence-corrected chi connectivity index (χ1v) is 22.2. The Labute approximate surface area is 373 Å². The van der Waals surface area contributed by atoms with Crippen molar-refractivity contribution in [2.75, 3.05) is 0 Å². The zero-order chi connectivity index (χ0) is 45.2. The molecule has 8 bridgehead atoms. The summed E-state index contributed by atoms with van der Waals surface area (Å²) in [6, 6.07) is 22.0. The molecule has 0 atom stereocenters. The van der Waals surface area contributed by atoms with Gasteiger partial charge in [0.25, 0.3) is 10.1 Å². The number of nitrogens with zero attached hydrogens (tertiary/aromatic N) is 6. The highest BCUT2D eigenvalue weighted by Gasteiger charge is 2.37. The fourth-order valence-corrected chi connectivity index (χ4v) is 9.28. The van der Waals surface area contributed by atoms with Crippen LogP contribution in [0.5, 0.6) is 46.0 Å². The number of rotatable bonds is 3. The van der Waals surface area contributed by atoms with Gasteiger partial charge in [0.05, 0.1) is 4.90 Å². The summed E-state index contributed by atoms with van der Waals surface area (Å²) in [5.41, 5.74) is 4.26.